The monoisotopic (exact) mass is 399 g/mol. The fraction of sp³-hybridized carbons (Fsp3) is 0.900. The molecule has 2 heterocycles. The third-order valence-corrected chi connectivity index (χ3v) is 5.50. The molecule has 0 radical (unpaired) electrons. The summed E-state index contributed by atoms with van der Waals surface area (Å²) >= 11 is 0. The smallest absolute Gasteiger partial charge is 0.183 e. The van der Waals surface area contributed by atoms with Crippen molar-refractivity contribution >= 4 is 0 Å². The molecule has 1 aromatic rings. The van der Waals surface area contributed by atoms with Gasteiger partial charge in [-0.25, -0.2) is 4.68 Å². The number of rotatable bonds is 11. The van der Waals surface area contributed by atoms with Crippen molar-refractivity contribution in [2.24, 2.45) is 5.92 Å². The Balaban J connectivity index is 1.99. The van der Waals surface area contributed by atoms with Gasteiger partial charge in [-0.15, -0.1) is 5.10 Å². The summed E-state index contributed by atoms with van der Waals surface area (Å²) < 4.78 is 12.5. The SMILES string of the molecule is CCCCC(CCCC)Cc1cn(C[C@H]2O[C@H](OC)[C@H](O)C[C@@H](O)[C@@H]2O)nn1. The number of methoxy groups -OCH3 is 1. The Kier molecular flexibility index (Phi) is 9.81. The van der Waals surface area contributed by atoms with Gasteiger partial charge in [-0.05, 0) is 12.3 Å². The van der Waals surface area contributed by atoms with Crippen LogP contribution in [-0.2, 0) is 22.4 Å². The summed E-state index contributed by atoms with van der Waals surface area (Å²) in [6.07, 6.45) is 5.16. The number of unbranched alkanes of at least 4 members (excludes halogenated alkanes) is 2. The first-order valence-electron chi connectivity index (χ1n) is 10.6. The van der Waals surface area contributed by atoms with Crippen LogP contribution in [0, 0.1) is 5.92 Å². The molecule has 28 heavy (non-hydrogen) atoms. The first-order valence-corrected chi connectivity index (χ1v) is 10.6. The largest absolute Gasteiger partial charge is 0.390 e. The summed E-state index contributed by atoms with van der Waals surface area (Å²) in [7, 11) is 1.43. The van der Waals surface area contributed by atoms with Crippen LogP contribution in [-0.4, -0.2) is 68.1 Å². The Morgan fingerprint density at radius 1 is 1.18 bits per heavy atom. The molecule has 0 unspecified atom stereocenters. The van der Waals surface area contributed by atoms with Crippen LogP contribution < -0.4 is 0 Å². The van der Waals surface area contributed by atoms with Crippen molar-refractivity contribution < 1.29 is 24.8 Å². The maximum absolute atomic E-state index is 10.4. The summed E-state index contributed by atoms with van der Waals surface area (Å²) in [5, 5.41) is 38.9. The highest BCUT2D eigenvalue weighted by Crippen LogP contribution is 2.23. The highest BCUT2D eigenvalue weighted by Gasteiger charge is 2.38. The Hall–Kier alpha value is -1.06. The molecule has 0 bridgehead atoms. The van der Waals surface area contributed by atoms with Crippen LogP contribution in [0.3, 0.4) is 0 Å². The third-order valence-electron chi connectivity index (χ3n) is 5.50. The van der Waals surface area contributed by atoms with Gasteiger partial charge in [0.1, 0.15) is 18.3 Å². The molecular weight excluding hydrogens is 362 g/mol. The molecule has 0 aromatic carbocycles. The van der Waals surface area contributed by atoms with E-state index in [-0.39, 0.29) is 13.0 Å². The van der Waals surface area contributed by atoms with Crippen molar-refractivity contribution in [3.05, 3.63) is 11.9 Å². The lowest BCUT2D eigenvalue weighted by Gasteiger charge is -2.25. The van der Waals surface area contributed by atoms with Crippen molar-refractivity contribution in [2.75, 3.05) is 7.11 Å². The second kappa shape index (κ2) is 11.8. The molecule has 2 rings (SSSR count). The van der Waals surface area contributed by atoms with E-state index < -0.39 is 30.7 Å². The van der Waals surface area contributed by atoms with Crippen molar-refractivity contribution in [3.8, 4) is 0 Å². The van der Waals surface area contributed by atoms with E-state index in [0.29, 0.717) is 5.92 Å². The maximum atomic E-state index is 10.4. The fourth-order valence-corrected chi connectivity index (χ4v) is 3.79. The van der Waals surface area contributed by atoms with E-state index in [1.165, 1.54) is 45.6 Å². The molecule has 1 aliphatic rings. The highest BCUT2D eigenvalue weighted by molar-refractivity contribution is 4.95. The lowest BCUT2D eigenvalue weighted by molar-refractivity contribution is -0.210. The zero-order valence-corrected chi connectivity index (χ0v) is 17.4. The molecule has 162 valence electrons. The van der Waals surface area contributed by atoms with E-state index in [9.17, 15) is 15.3 Å². The Morgan fingerprint density at radius 2 is 1.86 bits per heavy atom. The van der Waals surface area contributed by atoms with Gasteiger partial charge in [0.05, 0.1) is 18.3 Å². The second-order valence-electron chi connectivity index (χ2n) is 7.93. The Bertz CT molecular complexity index is 548. The minimum absolute atomic E-state index is 0.00465. The van der Waals surface area contributed by atoms with Gasteiger partial charge in [0.25, 0.3) is 0 Å². The molecule has 8 nitrogen and oxygen atoms in total. The molecule has 5 atom stereocenters. The number of hydrogen-bond donors (Lipinski definition) is 3. The van der Waals surface area contributed by atoms with Crippen molar-refractivity contribution in [2.45, 2.75) is 102 Å². The number of ether oxygens (including phenoxy) is 2. The molecule has 0 saturated carbocycles. The van der Waals surface area contributed by atoms with Crippen LogP contribution in [0.2, 0.25) is 0 Å². The fourth-order valence-electron chi connectivity index (χ4n) is 3.79. The van der Waals surface area contributed by atoms with Crippen molar-refractivity contribution in [1.29, 1.82) is 0 Å². The summed E-state index contributed by atoms with van der Waals surface area (Å²) in [6, 6.07) is 0. The Labute approximate surface area is 167 Å². The van der Waals surface area contributed by atoms with Crippen LogP contribution in [0.5, 0.6) is 0 Å². The van der Waals surface area contributed by atoms with E-state index >= 15 is 0 Å². The lowest BCUT2D eigenvalue weighted by Crippen LogP contribution is -2.41. The van der Waals surface area contributed by atoms with E-state index in [1.807, 2.05) is 6.20 Å². The van der Waals surface area contributed by atoms with Crippen LogP contribution in [0.4, 0.5) is 0 Å². The minimum Gasteiger partial charge on any atom is -0.390 e. The van der Waals surface area contributed by atoms with Gasteiger partial charge in [0.15, 0.2) is 6.29 Å². The molecule has 1 aromatic heterocycles. The average molecular weight is 400 g/mol. The standard InChI is InChI=1S/C20H37N3O5/c1-4-6-8-14(9-7-5-2)10-15-12-23(22-21-15)13-18-19(26)16(24)11-17(25)20(27-3)28-18/h12,14,16-20,24-26H,4-11,13H2,1-3H3/t16-,17-,18-,19+,20+/m1/s1. The predicted molar refractivity (Wildman–Crippen MR) is 105 cm³/mol. The van der Waals surface area contributed by atoms with Crippen LogP contribution in [0.25, 0.3) is 0 Å². The number of aliphatic hydroxyl groups excluding tert-OH is 3. The normalized spacial score (nSPS) is 28.6. The predicted octanol–water partition coefficient (Wildman–Crippen LogP) is 1.66. The van der Waals surface area contributed by atoms with Gasteiger partial charge in [0.2, 0.25) is 0 Å². The van der Waals surface area contributed by atoms with Crippen LogP contribution >= 0.6 is 0 Å². The van der Waals surface area contributed by atoms with E-state index in [4.69, 9.17) is 9.47 Å². The maximum Gasteiger partial charge on any atom is 0.183 e. The Morgan fingerprint density at radius 3 is 2.46 bits per heavy atom. The molecule has 1 aliphatic heterocycles. The van der Waals surface area contributed by atoms with Gasteiger partial charge < -0.3 is 24.8 Å². The molecule has 0 spiro atoms. The van der Waals surface area contributed by atoms with E-state index in [2.05, 4.69) is 24.2 Å². The van der Waals surface area contributed by atoms with Crippen molar-refractivity contribution in [1.82, 2.24) is 15.0 Å². The zero-order valence-electron chi connectivity index (χ0n) is 17.4. The van der Waals surface area contributed by atoms with E-state index in [0.717, 1.165) is 12.1 Å². The first kappa shape index (κ1) is 23.2. The summed E-state index contributed by atoms with van der Waals surface area (Å²) in [4.78, 5) is 0. The van der Waals surface area contributed by atoms with Gasteiger partial charge in [-0.2, -0.15) is 0 Å². The number of aliphatic hydroxyl groups is 3. The van der Waals surface area contributed by atoms with Crippen molar-refractivity contribution in [3.63, 3.8) is 0 Å². The first-order chi connectivity index (χ1) is 13.5. The third kappa shape index (κ3) is 6.77. The summed E-state index contributed by atoms with van der Waals surface area (Å²) in [6.45, 7) is 4.65. The molecule has 3 N–H and O–H groups in total. The van der Waals surface area contributed by atoms with E-state index in [1.54, 1.807) is 4.68 Å². The van der Waals surface area contributed by atoms with Gasteiger partial charge in [-0.1, -0.05) is 57.6 Å². The summed E-state index contributed by atoms with van der Waals surface area (Å²) in [5.41, 5.74) is 0.934. The summed E-state index contributed by atoms with van der Waals surface area (Å²) in [5.74, 6) is 0.611. The number of aromatic nitrogens is 3. The topological polar surface area (TPSA) is 110 Å². The lowest BCUT2D eigenvalue weighted by atomic mass is 9.92. The molecule has 1 fully saturated rings. The second-order valence-corrected chi connectivity index (χ2v) is 7.93. The number of nitrogens with zero attached hydrogens (tertiary/aromatic N) is 3. The molecule has 1 saturated heterocycles. The highest BCUT2D eigenvalue weighted by atomic mass is 16.7. The average Bonchev–Trinajstić information content (AvgIpc) is 3.09. The zero-order chi connectivity index (χ0) is 20.5. The van der Waals surface area contributed by atoms with Gasteiger partial charge in [0, 0.05) is 19.7 Å². The van der Waals surface area contributed by atoms with Gasteiger partial charge in [-0.3, -0.25) is 0 Å². The molecule has 8 heteroatoms. The number of hydrogen-bond acceptors (Lipinski definition) is 7. The molecule has 0 amide bonds. The molecular formula is C20H37N3O5. The van der Waals surface area contributed by atoms with Gasteiger partial charge >= 0.3 is 0 Å². The minimum atomic E-state index is -1.13. The molecule has 0 aliphatic carbocycles. The van der Waals surface area contributed by atoms with Crippen LogP contribution in [0.15, 0.2) is 6.20 Å². The quantitative estimate of drug-likeness (QED) is 0.519. The van der Waals surface area contributed by atoms with Crippen LogP contribution in [0.1, 0.15) is 64.5 Å².